The van der Waals surface area contributed by atoms with Gasteiger partial charge in [-0.1, -0.05) is 48.5 Å². The number of para-hydroxylation sites is 1. The van der Waals surface area contributed by atoms with E-state index in [1.165, 1.54) is 0 Å². The summed E-state index contributed by atoms with van der Waals surface area (Å²) in [5.41, 5.74) is 1.89. The minimum Gasteiger partial charge on any atom is -0.496 e. The molecule has 23 heavy (non-hydrogen) atoms. The lowest BCUT2D eigenvalue weighted by Gasteiger charge is -2.12. The topological polar surface area (TPSA) is 58.6 Å². The molecule has 4 heteroatoms. The van der Waals surface area contributed by atoms with E-state index >= 15 is 0 Å². The molecule has 2 aromatic rings. The van der Waals surface area contributed by atoms with Gasteiger partial charge in [0.25, 0.3) is 0 Å². The summed E-state index contributed by atoms with van der Waals surface area (Å²) in [6.45, 7) is 0.234. The van der Waals surface area contributed by atoms with E-state index in [2.05, 4.69) is 5.32 Å². The van der Waals surface area contributed by atoms with Gasteiger partial charge in [-0.05, 0) is 29.5 Å². The van der Waals surface area contributed by atoms with Crippen LogP contribution in [0.4, 0.5) is 0 Å². The Labute approximate surface area is 136 Å². The second kappa shape index (κ2) is 6.84. The summed E-state index contributed by atoms with van der Waals surface area (Å²) in [4.78, 5) is 12.3. The molecule has 0 heterocycles. The van der Waals surface area contributed by atoms with Gasteiger partial charge in [0, 0.05) is 12.5 Å². The predicted octanol–water partition coefficient (Wildman–Crippen LogP) is 2.65. The van der Waals surface area contributed by atoms with Gasteiger partial charge in [0.05, 0.1) is 13.2 Å². The number of rotatable bonds is 6. The molecule has 1 saturated carbocycles. The molecule has 0 radical (unpaired) electrons. The molecule has 4 nitrogen and oxygen atoms in total. The number of amides is 1. The van der Waals surface area contributed by atoms with Crippen LogP contribution in [0.5, 0.6) is 5.75 Å². The summed E-state index contributed by atoms with van der Waals surface area (Å²) in [7, 11) is 1.65. The lowest BCUT2D eigenvalue weighted by Crippen LogP contribution is -2.30. The number of aliphatic hydroxyl groups excluding tert-OH is 1. The molecule has 1 aliphatic rings. The number of carbonyl (C=O) groups is 1. The molecule has 0 saturated heterocycles. The number of hydrogen-bond donors (Lipinski definition) is 2. The van der Waals surface area contributed by atoms with Crippen molar-refractivity contribution in [3.8, 4) is 5.75 Å². The first-order chi connectivity index (χ1) is 11.2. The highest BCUT2D eigenvalue weighted by molar-refractivity contribution is 5.83. The van der Waals surface area contributed by atoms with Crippen LogP contribution >= 0.6 is 0 Å². The predicted molar refractivity (Wildman–Crippen MR) is 88.3 cm³/mol. The molecule has 1 aliphatic carbocycles. The van der Waals surface area contributed by atoms with E-state index in [0.717, 1.165) is 23.3 Å². The normalized spacial score (nSPS) is 20.6. The highest BCUT2D eigenvalue weighted by Crippen LogP contribution is 2.50. The van der Waals surface area contributed by atoms with Crippen molar-refractivity contribution < 1.29 is 14.6 Å². The average Bonchev–Trinajstić information content (AvgIpc) is 3.40. The van der Waals surface area contributed by atoms with E-state index in [1.807, 2.05) is 54.6 Å². The van der Waals surface area contributed by atoms with Crippen molar-refractivity contribution in [3.05, 3.63) is 65.7 Å². The zero-order valence-corrected chi connectivity index (χ0v) is 13.1. The Morgan fingerprint density at radius 2 is 1.91 bits per heavy atom. The van der Waals surface area contributed by atoms with Crippen molar-refractivity contribution in [2.75, 3.05) is 13.7 Å². The minimum atomic E-state index is -0.677. The Morgan fingerprint density at radius 1 is 1.22 bits per heavy atom. The molecule has 3 rings (SSSR count). The van der Waals surface area contributed by atoms with E-state index in [-0.39, 0.29) is 24.3 Å². The molecule has 1 amide bonds. The molecular weight excluding hydrogens is 290 g/mol. The van der Waals surface area contributed by atoms with Gasteiger partial charge in [-0.2, -0.15) is 0 Å². The largest absolute Gasteiger partial charge is 0.496 e. The Hall–Kier alpha value is -2.33. The van der Waals surface area contributed by atoms with Crippen LogP contribution in [0.3, 0.4) is 0 Å². The van der Waals surface area contributed by atoms with Gasteiger partial charge in [-0.15, -0.1) is 0 Å². The first-order valence-corrected chi connectivity index (χ1v) is 7.84. The van der Waals surface area contributed by atoms with Crippen LogP contribution in [0, 0.1) is 5.92 Å². The van der Waals surface area contributed by atoms with Gasteiger partial charge in [-0.25, -0.2) is 0 Å². The number of benzene rings is 2. The van der Waals surface area contributed by atoms with E-state index < -0.39 is 6.10 Å². The van der Waals surface area contributed by atoms with Gasteiger partial charge in [0.15, 0.2) is 0 Å². The number of hydrogen-bond acceptors (Lipinski definition) is 3. The first-order valence-electron chi connectivity index (χ1n) is 7.84. The van der Waals surface area contributed by atoms with Gasteiger partial charge in [0.2, 0.25) is 5.91 Å². The van der Waals surface area contributed by atoms with E-state index in [9.17, 15) is 9.90 Å². The van der Waals surface area contributed by atoms with Crippen LogP contribution in [0.2, 0.25) is 0 Å². The summed E-state index contributed by atoms with van der Waals surface area (Å²) in [5.74, 6) is 1.00. The quantitative estimate of drug-likeness (QED) is 0.862. The van der Waals surface area contributed by atoms with Gasteiger partial charge in [-0.3, -0.25) is 4.79 Å². The number of nitrogens with one attached hydrogen (secondary N) is 1. The Morgan fingerprint density at radius 3 is 2.65 bits per heavy atom. The Bertz CT molecular complexity index is 671. The van der Waals surface area contributed by atoms with Crippen LogP contribution < -0.4 is 10.1 Å². The number of aliphatic hydroxyl groups is 1. The molecule has 1 fully saturated rings. The molecule has 2 N–H and O–H groups in total. The standard InChI is InChI=1S/C19H21NO3/c1-23-18-10-6-5-9-14(18)15-11-16(15)19(22)20-12-17(21)13-7-3-2-4-8-13/h2-10,15-17,21H,11-12H2,1H3,(H,20,22)/t15-,16-,17+/m0/s1. The van der Waals surface area contributed by atoms with Crippen molar-refractivity contribution in [3.63, 3.8) is 0 Å². The van der Waals surface area contributed by atoms with Gasteiger partial charge < -0.3 is 15.2 Å². The van der Waals surface area contributed by atoms with Crippen LogP contribution in [0.25, 0.3) is 0 Å². The van der Waals surface area contributed by atoms with Crippen molar-refractivity contribution in [1.82, 2.24) is 5.32 Å². The molecular formula is C19H21NO3. The average molecular weight is 311 g/mol. The van der Waals surface area contributed by atoms with Crippen LogP contribution in [-0.4, -0.2) is 24.7 Å². The first kappa shape index (κ1) is 15.6. The SMILES string of the molecule is COc1ccccc1[C@@H]1C[C@@H]1C(=O)NC[C@@H](O)c1ccccc1. The maximum Gasteiger partial charge on any atom is 0.223 e. The molecule has 0 unspecified atom stereocenters. The maximum absolute atomic E-state index is 12.3. The van der Waals surface area contributed by atoms with Crippen LogP contribution in [0.1, 0.15) is 29.6 Å². The number of carbonyl (C=O) groups excluding carboxylic acids is 1. The summed E-state index contributed by atoms with van der Waals surface area (Å²) < 4.78 is 5.36. The van der Waals surface area contributed by atoms with Gasteiger partial charge >= 0.3 is 0 Å². The molecule has 0 spiro atoms. The second-order valence-corrected chi connectivity index (χ2v) is 5.86. The van der Waals surface area contributed by atoms with Crippen molar-refractivity contribution in [2.24, 2.45) is 5.92 Å². The minimum absolute atomic E-state index is 0.00381. The molecule has 0 aliphatic heterocycles. The third-order valence-electron chi connectivity index (χ3n) is 4.32. The molecule has 0 aromatic heterocycles. The second-order valence-electron chi connectivity index (χ2n) is 5.86. The zero-order valence-electron chi connectivity index (χ0n) is 13.1. The van der Waals surface area contributed by atoms with E-state index in [4.69, 9.17) is 4.74 Å². The third kappa shape index (κ3) is 3.54. The summed E-state index contributed by atoms with van der Waals surface area (Å²) in [5, 5.41) is 13.0. The fraction of sp³-hybridized carbons (Fsp3) is 0.316. The van der Waals surface area contributed by atoms with Crippen LogP contribution in [0.15, 0.2) is 54.6 Å². The van der Waals surface area contributed by atoms with E-state index in [0.29, 0.717) is 0 Å². The number of methoxy groups -OCH3 is 1. The molecule has 0 bridgehead atoms. The molecule has 120 valence electrons. The third-order valence-corrected chi connectivity index (χ3v) is 4.32. The Balaban J connectivity index is 1.55. The zero-order chi connectivity index (χ0) is 16.2. The van der Waals surface area contributed by atoms with Gasteiger partial charge in [0.1, 0.15) is 5.75 Å². The fourth-order valence-electron chi connectivity index (χ4n) is 2.92. The highest BCUT2D eigenvalue weighted by Gasteiger charge is 2.45. The summed E-state index contributed by atoms with van der Waals surface area (Å²) in [6.07, 6.45) is 0.150. The van der Waals surface area contributed by atoms with E-state index in [1.54, 1.807) is 7.11 Å². The van der Waals surface area contributed by atoms with Crippen molar-refractivity contribution in [1.29, 1.82) is 0 Å². The maximum atomic E-state index is 12.3. The number of ether oxygens (including phenoxy) is 1. The summed E-state index contributed by atoms with van der Waals surface area (Å²) >= 11 is 0. The van der Waals surface area contributed by atoms with Crippen molar-refractivity contribution >= 4 is 5.91 Å². The van der Waals surface area contributed by atoms with Crippen molar-refractivity contribution in [2.45, 2.75) is 18.4 Å². The monoisotopic (exact) mass is 311 g/mol. The lowest BCUT2D eigenvalue weighted by molar-refractivity contribution is -0.122. The fourth-order valence-corrected chi connectivity index (χ4v) is 2.92. The smallest absolute Gasteiger partial charge is 0.223 e. The highest BCUT2D eigenvalue weighted by atomic mass is 16.5. The molecule has 3 atom stereocenters. The Kier molecular flexibility index (Phi) is 4.63. The summed E-state index contributed by atoms with van der Waals surface area (Å²) in [6, 6.07) is 17.2. The lowest BCUT2D eigenvalue weighted by atomic mass is 10.1. The van der Waals surface area contributed by atoms with Crippen LogP contribution in [-0.2, 0) is 4.79 Å². The molecule has 2 aromatic carbocycles.